The zero-order valence-electron chi connectivity index (χ0n) is 10.1. The van der Waals surface area contributed by atoms with E-state index < -0.39 is 5.97 Å². The van der Waals surface area contributed by atoms with Crippen LogP contribution in [0, 0.1) is 0 Å². The molecule has 6 nitrogen and oxygen atoms in total. The average molecular weight is 260 g/mol. The smallest absolute Gasteiger partial charge is 0.357 e. The fourth-order valence-corrected chi connectivity index (χ4v) is 1.78. The number of ether oxygens (including phenoxy) is 3. The number of esters is 1. The molecule has 0 fully saturated rings. The second kappa shape index (κ2) is 7.21. The number of methoxy groups -OCH3 is 2. The highest BCUT2D eigenvalue weighted by Crippen LogP contribution is 2.16. The van der Waals surface area contributed by atoms with E-state index in [4.69, 9.17) is 14.2 Å². The lowest BCUT2D eigenvalue weighted by Gasteiger charge is -2.12. The Morgan fingerprint density at radius 3 is 2.82 bits per heavy atom. The molecule has 0 spiro atoms. The number of rotatable bonds is 7. The zero-order chi connectivity index (χ0) is 12.7. The van der Waals surface area contributed by atoms with Gasteiger partial charge >= 0.3 is 5.97 Å². The van der Waals surface area contributed by atoms with Crippen molar-refractivity contribution in [2.75, 3.05) is 32.7 Å². The van der Waals surface area contributed by atoms with E-state index in [0.29, 0.717) is 24.0 Å². The van der Waals surface area contributed by atoms with Crippen LogP contribution in [-0.4, -0.2) is 44.6 Å². The molecular formula is C10H16N2O4S. The molecule has 0 aliphatic carbocycles. The molecule has 0 radical (unpaired) electrons. The van der Waals surface area contributed by atoms with Crippen molar-refractivity contribution in [1.82, 2.24) is 4.98 Å². The number of hydrogen-bond acceptors (Lipinski definition) is 7. The summed E-state index contributed by atoms with van der Waals surface area (Å²) in [6.07, 6.45) is -0.343. The third kappa shape index (κ3) is 4.29. The van der Waals surface area contributed by atoms with Gasteiger partial charge in [0.15, 0.2) is 17.1 Å². The minimum atomic E-state index is -0.410. The van der Waals surface area contributed by atoms with Crippen molar-refractivity contribution in [1.29, 1.82) is 0 Å². The minimum Gasteiger partial charge on any atom is -0.461 e. The quantitative estimate of drug-likeness (QED) is 0.589. The van der Waals surface area contributed by atoms with E-state index in [9.17, 15) is 4.79 Å². The van der Waals surface area contributed by atoms with Crippen molar-refractivity contribution in [2.45, 2.75) is 13.2 Å². The second-order valence-electron chi connectivity index (χ2n) is 3.04. The Morgan fingerprint density at radius 1 is 1.53 bits per heavy atom. The summed E-state index contributed by atoms with van der Waals surface area (Å²) < 4.78 is 14.9. The van der Waals surface area contributed by atoms with Crippen LogP contribution < -0.4 is 5.32 Å². The molecule has 1 N–H and O–H groups in total. The molecule has 1 heterocycles. The van der Waals surface area contributed by atoms with E-state index in [0.717, 1.165) is 0 Å². The molecule has 0 aromatic carbocycles. The molecule has 0 aliphatic heterocycles. The number of anilines is 1. The van der Waals surface area contributed by atoms with Crippen molar-refractivity contribution in [3.63, 3.8) is 0 Å². The molecule has 7 heteroatoms. The first-order valence-electron chi connectivity index (χ1n) is 5.13. The van der Waals surface area contributed by atoms with Crippen LogP contribution in [0.15, 0.2) is 5.38 Å². The van der Waals surface area contributed by atoms with Gasteiger partial charge in [0.25, 0.3) is 0 Å². The summed E-state index contributed by atoms with van der Waals surface area (Å²) in [5.74, 6) is -0.410. The largest absolute Gasteiger partial charge is 0.461 e. The SMILES string of the molecule is CCOC(=O)c1csc(NCC(OC)OC)n1. The standard InChI is InChI=1S/C10H16N2O4S/c1-4-16-9(13)7-6-17-10(12-7)11-5-8(14-2)15-3/h6,8H,4-5H2,1-3H3,(H,11,12). The molecule has 0 unspecified atom stereocenters. The zero-order valence-corrected chi connectivity index (χ0v) is 10.9. The summed E-state index contributed by atoms with van der Waals surface area (Å²) in [7, 11) is 3.11. The van der Waals surface area contributed by atoms with Gasteiger partial charge in [-0.05, 0) is 6.92 Å². The van der Waals surface area contributed by atoms with Gasteiger partial charge in [-0.1, -0.05) is 0 Å². The van der Waals surface area contributed by atoms with E-state index in [1.165, 1.54) is 11.3 Å². The van der Waals surface area contributed by atoms with Crippen LogP contribution in [0.25, 0.3) is 0 Å². The lowest BCUT2D eigenvalue weighted by atomic mass is 10.5. The Morgan fingerprint density at radius 2 is 2.24 bits per heavy atom. The Labute approximate surface area is 104 Å². The number of carbonyl (C=O) groups excluding carboxylic acids is 1. The maximum Gasteiger partial charge on any atom is 0.357 e. The summed E-state index contributed by atoms with van der Waals surface area (Å²) >= 11 is 1.33. The van der Waals surface area contributed by atoms with Crippen LogP contribution in [-0.2, 0) is 14.2 Å². The third-order valence-corrected chi connectivity index (χ3v) is 2.73. The van der Waals surface area contributed by atoms with Crippen LogP contribution in [0.1, 0.15) is 17.4 Å². The van der Waals surface area contributed by atoms with Crippen molar-refractivity contribution in [2.24, 2.45) is 0 Å². The minimum absolute atomic E-state index is 0.311. The molecule has 17 heavy (non-hydrogen) atoms. The monoisotopic (exact) mass is 260 g/mol. The third-order valence-electron chi connectivity index (χ3n) is 1.93. The van der Waals surface area contributed by atoms with Gasteiger partial charge in [0.05, 0.1) is 13.2 Å². The summed E-state index contributed by atoms with van der Waals surface area (Å²) in [6.45, 7) is 2.56. The van der Waals surface area contributed by atoms with E-state index in [1.807, 2.05) is 0 Å². The van der Waals surface area contributed by atoms with Crippen LogP contribution in [0.5, 0.6) is 0 Å². The summed E-state index contributed by atoms with van der Waals surface area (Å²) in [4.78, 5) is 15.4. The Balaban J connectivity index is 2.48. The predicted octanol–water partition coefficient (Wildman–Crippen LogP) is 1.35. The summed E-state index contributed by atoms with van der Waals surface area (Å²) in [5, 5.41) is 5.29. The van der Waals surface area contributed by atoms with Crippen LogP contribution in [0.4, 0.5) is 5.13 Å². The predicted molar refractivity (Wildman–Crippen MR) is 64.4 cm³/mol. The first-order chi connectivity index (χ1) is 8.21. The molecule has 0 atom stereocenters. The second-order valence-corrected chi connectivity index (χ2v) is 3.90. The maximum atomic E-state index is 11.4. The van der Waals surface area contributed by atoms with Gasteiger partial charge < -0.3 is 19.5 Å². The van der Waals surface area contributed by atoms with Gasteiger partial charge in [0, 0.05) is 19.6 Å². The van der Waals surface area contributed by atoms with Gasteiger partial charge in [-0.2, -0.15) is 0 Å². The Hall–Kier alpha value is -1.18. The van der Waals surface area contributed by atoms with Gasteiger partial charge in [0.2, 0.25) is 0 Å². The molecule has 1 rings (SSSR count). The normalized spacial score (nSPS) is 10.6. The highest BCUT2D eigenvalue weighted by atomic mass is 32.1. The van der Waals surface area contributed by atoms with Crippen LogP contribution in [0.3, 0.4) is 0 Å². The molecule has 0 saturated heterocycles. The molecule has 0 bridgehead atoms. The first-order valence-corrected chi connectivity index (χ1v) is 6.01. The van der Waals surface area contributed by atoms with Gasteiger partial charge in [0.1, 0.15) is 0 Å². The lowest BCUT2D eigenvalue weighted by Crippen LogP contribution is -2.23. The number of nitrogens with zero attached hydrogens (tertiary/aromatic N) is 1. The Kier molecular flexibility index (Phi) is 5.88. The maximum absolute atomic E-state index is 11.4. The first kappa shape index (κ1) is 13.9. The van der Waals surface area contributed by atoms with Gasteiger partial charge in [-0.3, -0.25) is 0 Å². The van der Waals surface area contributed by atoms with E-state index in [2.05, 4.69) is 10.3 Å². The van der Waals surface area contributed by atoms with E-state index in [-0.39, 0.29) is 6.29 Å². The van der Waals surface area contributed by atoms with E-state index in [1.54, 1.807) is 26.5 Å². The number of carbonyl (C=O) groups is 1. The number of thiazole rings is 1. The molecule has 1 aromatic rings. The number of nitrogens with one attached hydrogen (secondary N) is 1. The van der Waals surface area contributed by atoms with Crippen molar-refractivity contribution >= 4 is 22.4 Å². The van der Waals surface area contributed by atoms with Crippen molar-refractivity contribution in [3.8, 4) is 0 Å². The molecular weight excluding hydrogens is 244 g/mol. The van der Waals surface area contributed by atoms with E-state index >= 15 is 0 Å². The Bertz CT molecular complexity index is 352. The van der Waals surface area contributed by atoms with Gasteiger partial charge in [-0.25, -0.2) is 9.78 Å². The van der Waals surface area contributed by atoms with Crippen molar-refractivity contribution < 1.29 is 19.0 Å². The fraction of sp³-hybridized carbons (Fsp3) is 0.600. The van der Waals surface area contributed by atoms with Gasteiger partial charge in [-0.15, -0.1) is 11.3 Å². The molecule has 0 aliphatic rings. The highest BCUT2D eigenvalue weighted by molar-refractivity contribution is 7.13. The fourth-order valence-electron chi connectivity index (χ4n) is 1.09. The summed E-state index contributed by atoms with van der Waals surface area (Å²) in [5.41, 5.74) is 0.311. The average Bonchev–Trinajstić information content (AvgIpc) is 2.79. The van der Waals surface area contributed by atoms with Crippen LogP contribution in [0.2, 0.25) is 0 Å². The van der Waals surface area contributed by atoms with Crippen LogP contribution >= 0.6 is 11.3 Å². The highest BCUT2D eigenvalue weighted by Gasteiger charge is 2.12. The molecule has 0 saturated carbocycles. The number of aromatic nitrogens is 1. The lowest BCUT2D eigenvalue weighted by molar-refractivity contribution is -0.0914. The topological polar surface area (TPSA) is 69.7 Å². The summed E-state index contributed by atoms with van der Waals surface area (Å²) in [6, 6.07) is 0. The molecule has 96 valence electrons. The number of hydrogen-bond donors (Lipinski definition) is 1. The van der Waals surface area contributed by atoms with Crippen molar-refractivity contribution in [3.05, 3.63) is 11.1 Å². The molecule has 1 aromatic heterocycles. The molecule has 0 amide bonds.